The number of anilines is 1. The number of halogens is 1. The molecule has 2 heterocycles. The van der Waals surface area contributed by atoms with Crippen LogP contribution in [0.4, 0.5) is 10.1 Å². The Morgan fingerprint density at radius 3 is 2.42 bits per heavy atom. The molecule has 0 unspecified atom stereocenters. The fourth-order valence-electron chi connectivity index (χ4n) is 3.28. The third-order valence-electron chi connectivity index (χ3n) is 4.75. The molecule has 0 bridgehead atoms. The molecule has 0 saturated carbocycles. The van der Waals surface area contributed by atoms with Crippen molar-refractivity contribution in [1.29, 1.82) is 0 Å². The van der Waals surface area contributed by atoms with Crippen LogP contribution in [0.3, 0.4) is 0 Å². The maximum Gasteiger partial charge on any atom is 0.272 e. The summed E-state index contributed by atoms with van der Waals surface area (Å²) in [6.07, 6.45) is 1.53. The van der Waals surface area contributed by atoms with Gasteiger partial charge in [-0.1, -0.05) is 18.2 Å². The summed E-state index contributed by atoms with van der Waals surface area (Å²) in [4.78, 5) is 27.7. The summed E-state index contributed by atoms with van der Waals surface area (Å²) >= 11 is 1.16. The molecule has 0 saturated heterocycles. The number of ether oxygens (including phenoxy) is 2. The first-order valence-corrected chi connectivity index (χ1v) is 10.3. The van der Waals surface area contributed by atoms with Gasteiger partial charge in [-0.05, 0) is 42.0 Å². The van der Waals surface area contributed by atoms with Gasteiger partial charge in [0.2, 0.25) is 0 Å². The standard InChI is InChI=1S/C23H18FNO5S/c1-28-18-10-9-14(12-19(18)29-2)20-21(31-13-15-6-5-11-30-15)23(27)25(22(20)26)17-8-4-3-7-16(17)24/h3-12H,13H2,1-2H3. The average Bonchev–Trinajstić information content (AvgIpc) is 3.38. The lowest BCUT2D eigenvalue weighted by Gasteiger charge is -2.16. The minimum atomic E-state index is -0.659. The van der Waals surface area contributed by atoms with Crippen LogP contribution in [0.15, 0.2) is 70.2 Å². The number of imide groups is 1. The number of nitrogens with zero attached hydrogens (tertiary/aromatic N) is 1. The van der Waals surface area contributed by atoms with Crippen LogP contribution in [0, 0.1) is 5.82 Å². The van der Waals surface area contributed by atoms with Crippen molar-refractivity contribution in [3.8, 4) is 11.5 Å². The monoisotopic (exact) mass is 439 g/mol. The zero-order chi connectivity index (χ0) is 22.0. The number of hydrogen-bond donors (Lipinski definition) is 0. The normalized spacial score (nSPS) is 13.8. The molecule has 4 rings (SSSR count). The molecule has 0 spiro atoms. The Bertz CT molecular complexity index is 1170. The first kappa shape index (κ1) is 20.7. The van der Waals surface area contributed by atoms with Gasteiger partial charge in [0.15, 0.2) is 11.5 Å². The molecule has 1 aliphatic heterocycles. The summed E-state index contributed by atoms with van der Waals surface area (Å²) in [5.41, 5.74) is 0.548. The lowest BCUT2D eigenvalue weighted by atomic mass is 10.1. The Morgan fingerprint density at radius 1 is 0.968 bits per heavy atom. The van der Waals surface area contributed by atoms with Crippen molar-refractivity contribution in [1.82, 2.24) is 0 Å². The number of furan rings is 1. The second-order valence-corrected chi connectivity index (χ2v) is 7.52. The predicted octanol–water partition coefficient (Wildman–Crippen LogP) is 4.65. The topological polar surface area (TPSA) is 69.0 Å². The molecule has 0 atom stereocenters. The molecular weight excluding hydrogens is 421 g/mol. The quantitative estimate of drug-likeness (QED) is 0.499. The van der Waals surface area contributed by atoms with Crippen molar-refractivity contribution in [2.75, 3.05) is 19.1 Å². The van der Waals surface area contributed by atoms with Crippen molar-refractivity contribution in [3.63, 3.8) is 0 Å². The number of thioether (sulfide) groups is 1. The molecule has 3 aromatic rings. The van der Waals surface area contributed by atoms with Crippen LogP contribution in [0.5, 0.6) is 11.5 Å². The molecule has 0 radical (unpaired) electrons. The zero-order valence-electron chi connectivity index (χ0n) is 16.8. The van der Waals surface area contributed by atoms with Crippen molar-refractivity contribution < 1.29 is 27.9 Å². The van der Waals surface area contributed by atoms with Crippen LogP contribution in [-0.2, 0) is 15.3 Å². The number of carbonyl (C=O) groups is 2. The zero-order valence-corrected chi connectivity index (χ0v) is 17.6. The van der Waals surface area contributed by atoms with Gasteiger partial charge in [-0.15, -0.1) is 11.8 Å². The minimum Gasteiger partial charge on any atom is -0.493 e. The average molecular weight is 439 g/mol. The highest BCUT2D eigenvalue weighted by atomic mass is 32.2. The summed E-state index contributed by atoms with van der Waals surface area (Å²) in [5.74, 6) is 0.0259. The highest BCUT2D eigenvalue weighted by molar-refractivity contribution is 8.03. The summed E-state index contributed by atoms with van der Waals surface area (Å²) < 4.78 is 30.4. The first-order chi connectivity index (χ1) is 15.0. The summed E-state index contributed by atoms with van der Waals surface area (Å²) in [6.45, 7) is 0. The van der Waals surface area contributed by atoms with E-state index in [4.69, 9.17) is 13.9 Å². The van der Waals surface area contributed by atoms with Gasteiger partial charge in [0.25, 0.3) is 11.8 Å². The van der Waals surface area contributed by atoms with E-state index in [1.165, 1.54) is 38.7 Å². The van der Waals surface area contributed by atoms with Crippen LogP contribution < -0.4 is 14.4 Å². The van der Waals surface area contributed by atoms with Crippen LogP contribution in [0.2, 0.25) is 0 Å². The maximum absolute atomic E-state index is 14.4. The van der Waals surface area contributed by atoms with Crippen LogP contribution in [-0.4, -0.2) is 26.0 Å². The summed E-state index contributed by atoms with van der Waals surface area (Å²) in [5, 5.41) is 0. The van der Waals surface area contributed by atoms with E-state index in [0.717, 1.165) is 16.7 Å². The van der Waals surface area contributed by atoms with E-state index in [2.05, 4.69) is 0 Å². The van der Waals surface area contributed by atoms with Gasteiger partial charge in [0, 0.05) is 0 Å². The van der Waals surface area contributed by atoms with Gasteiger partial charge >= 0.3 is 0 Å². The molecule has 6 nitrogen and oxygen atoms in total. The third-order valence-corrected chi connectivity index (χ3v) is 5.84. The van der Waals surface area contributed by atoms with Gasteiger partial charge in [0.05, 0.1) is 42.4 Å². The molecule has 31 heavy (non-hydrogen) atoms. The number of methoxy groups -OCH3 is 2. The summed E-state index contributed by atoms with van der Waals surface area (Å²) in [7, 11) is 2.99. The Hall–Kier alpha value is -3.52. The van der Waals surface area contributed by atoms with E-state index in [9.17, 15) is 14.0 Å². The largest absolute Gasteiger partial charge is 0.493 e. The number of amides is 2. The fourth-order valence-corrected chi connectivity index (χ4v) is 4.29. The number of rotatable bonds is 7. The fraction of sp³-hybridized carbons (Fsp3) is 0.130. The molecule has 0 aliphatic carbocycles. The number of hydrogen-bond acceptors (Lipinski definition) is 6. The Kier molecular flexibility index (Phi) is 5.81. The van der Waals surface area contributed by atoms with E-state index < -0.39 is 17.6 Å². The van der Waals surface area contributed by atoms with E-state index in [1.807, 2.05) is 0 Å². The Labute approximate surface area is 182 Å². The van der Waals surface area contributed by atoms with E-state index in [0.29, 0.717) is 28.6 Å². The second kappa shape index (κ2) is 8.69. The molecule has 1 aromatic heterocycles. The van der Waals surface area contributed by atoms with Gasteiger partial charge in [-0.25, -0.2) is 9.29 Å². The molecule has 0 N–H and O–H groups in total. The van der Waals surface area contributed by atoms with Crippen molar-refractivity contribution in [2.24, 2.45) is 0 Å². The SMILES string of the molecule is COc1ccc(C2=C(SCc3ccco3)C(=O)N(c3ccccc3F)C2=O)cc1OC. The Morgan fingerprint density at radius 2 is 1.74 bits per heavy atom. The van der Waals surface area contributed by atoms with E-state index >= 15 is 0 Å². The van der Waals surface area contributed by atoms with Gasteiger partial charge in [-0.2, -0.15) is 0 Å². The molecule has 158 valence electrons. The van der Waals surface area contributed by atoms with Crippen molar-refractivity contribution >= 4 is 34.8 Å². The van der Waals surface area contributed by atoms with Crippen molar-refractivity contribution in [3.05, 3.63) is 82.9 Å². The van der Waals surface area contributed by atoms with Crippen LogP contribution in [0.25, 0.3) is 5.57 Å². The molecular formula is C23H18FNO5S. The predicted molar refractivity (Wildman–Crippen MR) is 115 cm³/mol. The molecule has 2 amide bonds. The minimum absolute atomic E-state index is 0.0934. The van der Waals surface area contributed by atoms with Crippen molar-refractivity contribution in [2.45, 2.75) is 5.75 Å². The molecule has 8 heteroatoms. The second-order valence-electron chi connectivity index (χ2n) is 6.54. The van der Waals surface area contributed by atoms with Gasteiger partial charge in [0.1, 0.15) is 11.6 Å². The molecule has 1 aliphatic rings. The highest BCUT2D eigenvalue weighted by Gasteiger charge is 2.41. The molecule has 2 aromatic carbocycles. The van der Waals surface area contributed by atoms with E-state index in [1.54, 1.807) is 36.4 Å². The number of carbonyl (C=O) groups excluding carboxylic acids is 2. The highest BCUT2D eigenvalue weighted by Crippen LogP contribution is 2.42. The third kappa shape index (κ3) is 3.82. The first-order valence-electron chi connectivity index (χ1n) is 9.30. The van der Waals surface area contributed by atoms with Gasteiger partial charge in [-0.3, -0.25) is 9.59 Å². The smallest absolute Gasteiger partial charge is 0.272 e. The Balaban J connectivity index is 1.80. The molecule has 0 fully saturated rings. The summed E-state index contributed by atoms with van der Waals surface area (Å²) in [6, 6.07) is 14.1. The lowest BCUT2D eigenvalue weighted by molar-refractivity contribution is -0.119. The maximum atomic E-state index is 14.4. The number of para-hydroxylation sites is 1. The lowest BCUT2D eigenvalue weighted by Crippen LogP contribution is -2.32. The van der Waals surface area contributed by atoms with Crippen LogP contribution >= 0.6 is 11.8 Å². The van der Waals surface area contributed by atoms with Gasteiger partial charge < -0.3 is 13.9 Å². The number of benzene rings is 2. The van der Waals surface area contributed by atoms with Crippen LogP contribution in [0.1, 0.15) is 11.3 Å². The van der Waals surface area contributed by atoms with E-state index in [-0.39, 0.29) is 16.2 Å².